The van der Waals surface area contributed by atoms with Gasteiger partial charge in [-0.15, -0.1) is 0 Å². The van der Waals surface area contributed by atoms with Crippen molar-refractivity contribution in [3.8, 4) is 0 Å². The summed E-state index contributed by atoms with van der Waals surface area (Å²) in [4.78, 5) is 8.04. The van der Waals surface area contributed by atoms with Crippen LogP contribution in [0.1, 0.15) is 32.2 Å². The highest BCUT2D eigenvalue weighted by Crippen LogP contribution is 2.25. The molecular formula is C10H13Cl2N3S. The van der Waals surface area contributed by atoms with Gasteiger partial charge in [0.25, 0.3) is 0 Å². The van der Waals surface area contributed by atoms with Gasteiger partial charge in [-0.25, -0.2) is 14.4 Å². The molecule has 0 radical (unpaired) electrons. The zero-order valence-corrected chi connectivity index (χ0v) is 11.9. The van der Waals surface area contributed by atoms with Crippen LogP contribution in [0.4, 0.5) is 0 Å². The lowest BCUT2D eigenvalue weighted by Crippen LogP contribution is -2.05. The second-order valence-electron chi connectivity index (χ2n) is 4.20. The van der Waals surface area contributed by atoms with Crippen LogP contribution in [0.3, 0.4) is 0 Å². The Balaban J connectivity index is 2.90. The molecule has 1 rings (SSSR count). The Bertz CT molecular complexity index is 390. The van der Waals surface area contributed by atoms with Crippen molar-refractivity contribution in [2.24, 2.45) is 4.40 Å². The van der Waals surface area contributed by atoms with Crippen molar-refractivity contribution in [2.75, 3.05) is 0 Å². The van der Waals surface area contributed by atoms with Gasteiger partial charge in [-0.2, -0.15) is 0 Å². The molecule has 0 saturated heterocycles. The molecule has 16 heavy (non-hydrogen) atoms. The van der Waals surface area contributed by atoms with Gasteiger partial charge < -0.3 is 0 Å². The fourth-order valence-corrected chi connectivity index (χ4v) is 1.90. The van der Waals surface area contributed by atoms with Crippen LogP contribution in [0.25, 0.3) is 0 Å². The van der Waals surface area contributed by atoms with E-state index in [2.05, 4.69) is 35.1 Å². The van der Waals surface area contributed by atoms with Crippen molar-refractivity contribution in [1.29, 1.82) is 0 Å². The van der Waals surface area contributed by atoms with E-state index in [1.807, 2.05) is 0 Å². The van der Waals surface area contributed by atoms with E-state index in [-0.39, 0.29) is 4.75 Å². The van der Waals surface area contributed by atoms with E-state index in [1.165, 1.54) is 11.9 Å². The lowest BCUT2D eigenvalue weighted by atomic mass is 10.3. The summed E-state index contributed by atoms with van der Waals surface area (Å²) < 4.78 is 4.26. The maximum absolute atomic E-state index is 5.95. The number of hydrogen-bond donors (Lipinski definition) is 0. The normalized spacial score (nSPS) is 12.4. The van der Waals surface area contributed by atoms with Gasteiger partial charge in [0.05, 0.1) is 5.56 Å². The monoisotopic (exact) mass is 277 g/mol. The number of aromatic nitrogens is 2. The van der Waals surface area contributed by atoms with Crippen molar-refractivity contribution in [3.63, 3.8) is 0 Å². The van der Waals surface area contributed by atoms with E-state index < -0.39 is 0 Å². The molecule has 0 fully saturated rings. The van der Waals surface area contributed by atoms with Gasteiger partial charge in [-0.1, -0.05) is 23.2 Å². The molecule has 0 aromatic carbocycles. The van der Waals surface area contributed by atoms with Crippen LogP contribution >= 0.6 is 35.1 Å². The lowest BCUT2D eigenvalue weighted by molar-refractivity contribution is 0.804. The van der Waals surface area contributed by atoms with Crippen LogP contribution in [-0.2, 0) is 0 Å². The van der Waals surface area contributed by atoms with E-state index >= 15 is 0 Å². The minimum atomic E-state index is 0.0566. The second kappa shape index (κ2) is 5.34. The molecule has 1 aromatic rings. The molecule has 0 saturated carbocycles. The largest absolute Gasteiger partial charge is 0.223 e. The Hall–Kier alpha value is -0.320. The maximum atomic E-state index is 5.95. The molecule has 0 aliphatic heterocycles. The van der Waals surface area contributed by atoms with Crippen molar-refractivity contribution < 1.29 is 0 Å². The average molecular weight is 278 g/mol. The van der Waals surface area contributed by atoms with Crippen LogP contribution in [0.2, 0.25) is 10.3 Å². The number of aryl methyl sites for hydroxylation is 1. The molecule has 1 aromatic heterocycles. The Morgan fingerprint density at radius 1 is 1.19 bits per heavy atom. The first-order valence-electron chi connectivity index (χ1n) is 4.71. The first kappa shape index (κ1) is 13.7. The molecule has 0 aliphatic rings. The van der Waals surface area contributed by atoms with E-state index in [0.29, 0.717) is 21.7 Å². The Morgan fingerprint density at radius 3 is 2.12 bits per heavy atom. The number of halogens is 2. The van der Waals surface area contributed by atoms with E-state index in [1.54, 1.807) is 13.1 Å². The average Bonchev–Trinajstić information content (AvgIpc) is 2.07. The zero-order chi connectivity index (χ0) is 12.3. The predicted octanol–water partition coefficient (Wildman–Crippen LogP) is 3.96. The fourth-order valence-electron chi connectivity index (χ4n) is 0.858. The topological polar surface area (TPSA) is 38.1 Å². The van der Waals surface area contributed by atoms with Gasteiger partial charge in [0.15, 0.2) is 0 Å². The molecule has 88 valence electrons. The Labute approximate surface area is 110 Å². The molecule has 0 atom stereocenters. The molecule has 0 unspecified atom stereocenters. The quantitative estimate of drug-likeness (QED) is 0.467. The molecule has 0 N–H and O–H groups in total. The molecular weight excluding hydrogens is 265 g/mol. The van der Waals surface area contributed by atoms with Gasteiger partial charge >= 0.3 is 0 Å². The summed E-state index contributed by atoms with van der Waals surface area (Å²) in [6.45, 7) is 7.96. The Kier molecular flexibility index (Phi) is 4.59. The van der Waals surface area contributed by atoms with Gasteiger partial charge in [0, 0.05) is 11.0 Å². The fraction of sp³-hybridized carbons (Fsp3) is 0.500. The third-order valence-corrected chi connectivity index (χ3v) is 2.81. The van der Waals surface area contributed by atoms with Gasteiger partial charge in [-0.3, -0.25) is 0 Å². The van der Waals surface area contributed by atoms with Gasteiger partial charge in [0.2, 0.25) is 0 Å². The molecule has 0 spiro atoms. The van der Waals surface area contributed by atoms with Gasteiger partial charge in [0.1, 0.15) is 16.1 Å². The smallest absolute Gasteiger partial charge is 0.143 e. The van der Waals surface area contributed by atoms with Crippen LogP contribution in [-0.4, -0.2) is 20.9 Å². The van der Waals surface area contributed by atoms with Crippen molar-refractivity contribution in [2.45, 2.75) is 32.4 Å². The molecule has 0 bridgehead atoms. The summed E-state index contributed by atoms with van der Waals surface area (Å²) in [5.74, 6) is 0.552. The number of hydrogen-bond acceptors (Lipinski definition) is 4. The molecule has 3 nitrogen and oxygen atoms in total. The lowest BCUT2D eigenvalue weighted by Gasteiger charge is -2.12. The van der Waals surface area contributed by atoms with Crippen LogP contribution in [0.5, 0.6) is 0 Å². The van der Waals surface area contributed by atoms with E-state index in [4.69, 9.17) is 23.2 Å². The highest BCUT2D eigenvalue weighted by molar-refractivity contribution is 7.99. The third-order valence-electron chi connectivity index (χ3n) is 1.47. The first-order chi connectivity index (χ1) is 7.29. The van der Waals surface area contributed by atoms with E-state index in [9.17, 15) is 0 Å². The van der Waals surface area contributed by atoms with Crippen LogP contribution in [0, 0.1) is 6.92 Å². The van der Waals surface area contributed by atoms with Gasteiger partial charge in [-0.05, 0) is 39.6 Å². The second-order valence-corrected chi connectivity index (χ2v) is 6.54. The van der Waals surface area contributed by atoms with E-state index in [0.717, 1.165) is 0 Å². The molecule has 0 amide bonds. The van der Waals surface area contributed by atoms with Crippen LogP contribution in [0.15, 0.2) is 4.40 Å². The summed E-state index contributed by atoms with van der Waals surface area (Å²) >= 11 is 13.3. The molecule has 0 aliphatic carbocycles. The number of rotatable bonds is 2. The minimum absolute atomic E-state index is 0.0566. The summed E-state index contributed by atoms with van der Waals surface area (Å²) in [6.07, 6.45) is 1.60. The zero-order valence-electron chi connectivity index (χ0n) is 9.58. The summed E-state index contributed by atoms with van der Waals surface area (Å²) in [6, 6.07) is 0. The number of nitrogens with zero attached hydrogens (tertiary/aromatic N) is 3. The van der Waals surface area contributed by atoms with Crippen molar-refractivity contribution in [1.82, 2.24) is 9.97 Å². The Morgan fingerprint density at radius 2 is 1.69 bits per heavy atom. The molecule has 1 heterocycles. The SMILES string of the molecule is Cc1nc(Cl)c(/C=N/SC(C)(C)C)c(Cl)n1. The van der Waals surface area contributed by atoms with Crippen molar-refractivity contribution >= 4 is 41.4 Å². The van der Waals surface area contributed by atoms with Crippen molar-refractivity contribution in [3.05, 3.63) is 21.7 Å². The minimum Gasteiger partial charge on any atom is -0.223 e. The van der Waals surface area contributed by atoms with Crippen LogP contribution < -0.4 is 0 Å². The standard InChI is InChI=1S/C10H13Cl2N3S/c1-6-14-8(11)7(9(12)15-6)5-13-16-10(2,3)4/h5H,1-4H3/b13-5+. The third kappa shape index (κ3) is 4.28. The first-order valence-corrected chi connectivity index (χ1v) is 6.24. The summed E-state index contributed by atoms with van der Waals surface area (Å²) in [5, 5.41) is 0.659. The summed E-state index contributed by atoms with van der Waals surface area (Å²) in [5.41, 5.74) is 0.561. The predicted molar refractivity (Wildman–Crippen MR) is 71.7 cm³/mol. The maximum Gasteiger partial charge on any atom is 0.143 e. The summed E-state index contributed by atoms with van der Waals surface area (Å²) in [7, 11) is 0. The molecule has 6 heteroatoms. The highest BCUT2D eigenvalue weighted by atomic mass is 35.5. The highest BCUT2D eigenvalue weighted by Gasteiger charge is 2.11.